The standard InChI is InChI=1S/C68H28F44N8O8/c69-49(57(81,82)83,125-65(105,106)53(73,74)61(93,94)95)45(121)117-29-13-5-1-9-25(29)41-33-17-19-35(113-33)42(26-10-2-6-14-30(26)118-46(122)50(70,58(84,85)86)126-66(107,108)54(75,76)62(96,97)98)37-21-23-39(115-37)44(28-12-4-8-16-32(28)120-48(124)52(72,60(90,91)92)128-68(111,112)56(79,80)64(102,103)104)40-24-22-38(116-40)43(36-20-18-34(41)114-36)27-11-3-7-15-31(27)119-47(123)51(71,59(87,88)89)127-67(109,110)55(77,78)63(99,100)101/h1-24H,(H,117,121)(H,118,122)(H,119,123)(H,120,124). The molecule has 4 atom stereocenters. The van der Waals surface area contributed by atoms with Crippen LogP contribution in [-0.4, -0.2) is 167 Å². The fourth-order valence-corrected chi connectivity index (χ4v) is 10.8. The van der Waals surface area contributed by atoms with E-state index < -0.39 is 258 Å². The van der Waals surface area contributed by atoms with Crippen molar-refractivity contribution in [2.24, 2.45) is 20.0 Å². The molecule has 0 spiro atoms. The van der Waals surface area contributed by atoms with Gasteiger partial charge in [0.15, 0.2) is 0 Å². The average molecular weight is 1920 g/mol. The molecular weight excluding hydrogens is 1890 g/mol. The summed E-state index contributed by atoms with van der Waals surface area (Å²) in [7, 11) is 0. The number of aliphatic imine (C=N–C) groups is 4. The number of hydrogen-bond acceptors (Lipinski definition) is 12. The number of fused-ring (bicyclic) bond motifs is 4. The number of carbonyl (C=O) groups is 4. The normalized spacial score (nSPS) is 18.3. The van der Waals surface area contributed by atoms with E-state index in [0.717, 1.165) is 21.3 Å². The van der Waals surface area contributed by atoms with Crippen LogP contribution in [0, 0.1) is 0 Å². The van der Waals surface area contributed by atoms with Crippen LogP contribution in [0.4, 0.5) is 216 Å². The van der Waals surface area contributed by atoms with Crippen LogP contribution in [-0.2, 0) is 38.1 Å². The fourth-order valence-electron chi connectivity index (χ4n) is 10.8. The van der Waals surface area contributed by atoms with Crippen molar-refractivity contribution in [3.8, 4) is 0 Å². The lowest BCUT2D eigenvalue weighted by atomic mass is 9.96. The number of halogens is 44. The maximum atomic E-state index is 16.2. The van der Waals surface area contributed by atoms with Gasteiger partial charge in [-0.1, -0.05) is 72.8 Å². The van der Waals surface area contributed by atoms with Crippen LogP contribution in [0.2, 0.25) is 0 Å². The molecule has 9 rings (SSSR count). The number of alkyl halides is 44. The number of anilines is 4. The number of carbonyl (C=O) groups excluding carboxylic acids is 4. The molecule has 8 bridgehead atoms. The van der Waals surface area contributed by atoms with Gasteiger partial charge in [-0.05, 0) is 72.9 Å². The molecule has 0 fully saturated rings. The van der Waals surface area contributed by atoms with Crippen LogP contribution in [0.15, 0.2) is 188 Å². The highest BCUT2D eigenvalue weighted by molar-refractivity contribution is 6.41. The molecule has 4 aromatic carbocycles. The van der Waals surface area contributed by atoms with Crippen LogP contribution in [0.3, 0.4) is 0 Å². The highest BCUT2D eigenvalue weighted by atomic mass is 19.5. The predicted octanol–water partition coefficient (Wildman–Crippen LogP) is 21.6. The molecule has 60 heteroatoms. The molecule has 4 aromatic rings. The minimum atomic E-state index is -7.91. The van der Waals surface area contributed by atoms with Crippen molar-refractivity contribution in [1.29, 1.82) is 0 Å². The number of allylic oxidation sites excluding steroid dienone is 12. The molecule has 0 aliphatic carbocycles. The Morgan fingerprint density at radius 3 is 0.500 bits per heavy atom. The molecule has 696 valence electrons. The number of benzene rings is 4. The summed E-state index contributed by atoms with van der Waals surface area (Å²) < 4.78 is 640. The lowest BCUT2D eigenvalue weighted by Crippen LogP contribution is -2.62. The molecule has 5 aliphatic rings. The van der Waals surface area contributed by atoms with Gasteiger partial charge in [-0.2, -0.15) is 193 Å². The Bertz CT molecular complexity index is 4880. The van der Waals surface area contributed by atoms with Crippen molar-refractivity contribution in [2.45, 2.75) is 121 Å². The van der Waals surface area contributed by atoms with Gasteiger partial charge in [0.1, 0.15) is 0 Å². The average Bonchev–Trinajstić information content (AvgIpc) is 1.03. The van der Waals surface area contributed by atoms with Crippen molar-refractivity contribution in [3.63, 3.8) is 0 Å². The number of nitrogens with zero attached hydrogens (tertiary/aromatic N) is 4. The lowest BCUT2D eigenvalue weighted by Gasteiger charge is -2.34. The topological polar surface area (TPSA) is 203 Å². The number of hydrogen-bond donors (Lipinski definition) is 4. The van der Waals surface area contributed by atoms with Gasteiger partial charge in [-0.3, -0.25) is 38.1 Å². The molecular formula is C68H28F44N8O8. The van der Waals surface area contributed by atoms with Gasteiger partial charge in [0.25, 0.3) is 23.6 Å². The molecule has 5 heterocycles. The number of ether oxygens (including phenoxy) is 4. The molecule has 4 amide bonds. The zero-order valence-electron chi connectivity index (χ0n) is 59.5. The third kappa shape index (κ3) is 17.6. The molecule has 5 aliphatic heterocycles. The van der Waals surface area contributed by atoms with Gasteiger partial charge in [0.05, 0.1) is 45.6 Å². The fraction of sp³-hybridized carbons (Fsp3) is 0.294. The molecule has 128 heavy (non-hydrogen) atoms. The van der Waals surface area contributed by atoms with E-state index in [1.54, 1.807) is 0 Å². The zero-order chi connectivity index (χ0) is 97.3. The second-order valence-corrected chi connectivity index (χ2v) is 25.5. The van der Waals surface area contributed by atoms with E-state index in [1.165, 1.54) is 0 Å². The first-order valence-corrected chi connectivity index (χ1v) is 32.5. The largest absolute Gasteiger partial charge is 0.462 e. The molecule has 16 nitrogen and oxygen atoms in total. The molecule has 0 aromatic heterocycles. The van der Waals surface area contributed by atoms with Gasteiger partial charge in [-0.25, -0.2) is 20.0 Å². The van der Waals surface area contributed by atoms with Gasteiger partial charge < -0.3 is 21.3 Å². The van der Waals surface area contributed by atoms with E-state index in [1.807, 2.05) is 0 Å². The van der Waals surface area contributed by atoms with Crippen molar-refractivity contribution < 1.29 is 231 Å². The second kappa shape index (κ2) is 32.1. The van der Waals surface area contributed by atoms with E-state index in [9.17, 15) is 195 Å². The Balaban J connectivity index is 1.42. The highest BCUT2D eigenvalue weighted by Crippen LogP contribution is 2.58. The Kier molecular flexibility index (Phi) is 25.0. The minimum absolute atomic E-state index is 0.184. The summed E-state index contributed by atoms with van der Waals surface area (Å²) in [5.74, 6) is -76.1. The van der Waals surface area contributed by atoms with Crippen LogP contribution < -0.4 is 21.3 Å². The lowest BCUT2D eigenvalue weighted by molar-refractivity contribution is -0.472. The number of rotatable bonds is 24. The summed E-state index contributed by atoms with van der Waals surface area (Å²) in [5, 5.41) is 3.39. The van der Waals surface area contributed by atoms with Crippen LogP contribution in [0.1, 0.15) is 22.3 Å². The Labute approximate surface area is 674 Å². The van der Waals surface area contributed by atoms with E-state index in [4.69, 9.17) is 0 Å². The van der Waals surface area contributed by atoms with Gasteiger partial charge in [0.2, 0.25) is 0 Å². The summed E-state index contributed by atoms with van der Waals surface area (Å²) in [6.07, 6.45) is -89.0. The number of amides is 4. The Morgan fingerprint density at radius 2 is 0.359 bits per heavy atom. The van der Waals surface area contributed by atoms with Crippen LogP contribution in [0.5, 0.6) is 0 Å². The quantitative estimate of drug-likeness (QED) is 0.0496. The van der Waals surface area contributed by atoms with Gasteiger partial charge in [0, 0.05) is 67.3 Å². The molecule has 4 unspecified atom stereocenters. The van der Waals surface area contributed by atoms with Gasteiger partial charge >= 0.3 is 121 Å². The van der Waals surface area contributed by atoms with Crippen LogP contribution in [0.25, 0.3) is 22.3 Å². The highest BCUT2D eigenvalue weighted by Gasteiger charge is 2.84. The van der Waals surface area contributed by atoms with Crippen LogP contribution >= 0.6 is 0 Å². The molecule has 4 N–H and O–H groups in total. The third-order valence-corrected chi connectivity index (χ3v) is 17.0. The first-order valence-electron chi connectivity index (χ1n) is 32.5. The van der Waals surface area contributed by atoms with Crippen molar-refractivity contribution in [1.82, 2.24) is 0 Å². The Hall–Kier alpha value is -11.9. The first-order chi connectivity index (χ1) is 57.7. The van der Waals surface area contributed by atoms with E-state index in [-0.39, 0.29) is 24.3 Å². The maximum absolute atomic E-state index is 16.2. The van der Waals surface area contributed by atoms with Crippen molar-refractivity contribution in [2.75, 3.05) is 21.3 Å². The summed E-state index contributed by atoms with van der Waals surface area (Å²) >= 11 is 0. The third-order valence-electron chi connectivity index (χ3n) is 17.0. The summed E-state index contributed by atoms with van der Waals surface area (Å²) in [6.45, 7) is 0. The summed E-state index contributed by atoms with van der Waals surface area (Å²) in [4.78, 5) is 71.0. The summed E-state index contributed by atoms with van der Waals surface area (Å²) in [5.41, 5.74) is -26.7. The molecule has 0 saturated carbocycles. The van der Waals surface area contributed by atoms with Gasteiger partial charge in [-0.15, -0.1) is 0 Å². The van der Waals surface area contributed by atoms with E-state index in [0.29, 0.717) is 121 Å². The molecule has 0 saturated heterocycles. The first kappa shape index (κ1) is 99.9. The van der Waals surface area contributed by atoms with E-state index >= 15 is 17.6 Å². The Morgan fingerprint density at radius 1 is 0.211 bits per heavy atom. The predicted molar refractivity (Wildman–Crippen MR) is 342 cm³/mol. The zero-order valence-corrected chi connectivity index (χ0v) is 59.5. The van der Waals surface area contributed by atoms with Crippen molar-refractivity contribution in [3.05, 3.63) is 191 Å². The molecule has 0 radical (unpaired) electrons. The smallest absolute Gasteiger partial charge is 0.320 e. The maximum Gasteiger partial charge on any atom is 0.462 e. The monoisotopic (exact) mass is 1920 g/mol. The second-order valence-electron chi connectivity index (χ2n) is 25.5. The SMILES string of the molecule is O=C(Nc1ccccc1C1=C2C=CC(=N2)C(c2ccccc2NC(=O)C(F)(OC(F)(F)C(F)(F)C(F)(F)F)C(F)(F)F)=C2C=CC(=N2)C(c2ccccc2NC(=O)C(F)(OC(F)(F)C(F)(F)C(F)(F)F)C(F)(F)F)=C2C=CC(=N2)C(c2ccccc2NC(=O)C(F)(OC(F)(F)C(F)(F)C(F)(F)F)C(F)(F)F)=C2C=CC1=N2)C(F)(OC(F)(F)C(F)(F)C(F)(F)F)C(F)(F)F. The summed E-state index contributed by atoms with van der Waals surface area (Å²) in [6, 6.07) is 6.75. The number of nitrogens with one attached hydrogen (secondary N) is 4. The van der Waals surface area contributed by atoms with Crippen molar-refractivity contribution >= 4 is 91.5 Å². The minimum Gasteiger partial charge on any atom is -0.320 e. The van der Waals surface area contributed by atoms with E-state index in [2.05, 4.69) is 38.9 Å². The number of para-hydroxylation sites is 4.